The first-order valence-electron chi connectivity index (χ1n) is 6.51. The number of β-amino-alcohol motifs (C(OH)–C–C–N with tert-alkyl or cyclic N) is 1. The second-order valence-corrected chi connectivity index (χ2v) is 4.49. The minimum absolute atomic E-state index is 0.0371. The summed E-state index contributed by atoms with van der Waals surface area (Å²) in [6, 6.07) is 7.05. The zero-order chi connectivity index (χ0) is 15.5. The Kier molecular flexibility index (Phi) is 3.67. The topological polar surface area (TPSA) is 109 Å². The lowest BCUT2D eigenvalue weighted by Gasteiger charge is -2.14. The molecule has 1 aliphatic heterocycles. The average molecular weight is 300 g/mol. The first-order chi connectivity index (χ1) is 10.7. The highest BCUT2D eigenvalue weighted by atomic mass is 16.4. The summed E-state index contributed by atoms with van der Waals surface area (Å²) >= 11 is 0. The van der Waals surface area contributed by atoms with Gasteiger partial charge in [-0.15, -0.1) is 10.2 Å². The molecule has 0 saturated carbocycles. The Morgan fingerprint density at radius 3 is 2.82 bits per heavy atom. The van der Waals surface area contributed by atoms with Crippen LogP contribution in [-0.2, 0) is 9.59 Å². The molecule has 1 aromatic heterocycles. The van der Waals surface area contributed by atoms with Gasteiger partial charge in [-0.05, 0) is 12.1 Å². The zero-order valence-corrected chi connectivity index (χ0v) is 11.4. The van der Waals surface area contributed by atoms with Gasteiger partial charge in [0, 0.05) is 6.08 Å². The van der Waals surface area contributed by atoms with Crippen molar-refractivity contribution >= 4 is 17.5 Å². The molecule has 0 aliphatic carbocycles. The fourth-order valence-electron chi connectivity index (χ4n) is 2.12. The normalized spacial score (nSPS) is 14.4. The molecule has 112 valence electrons. The molecule has 2 heterocycles. The van der Waals surface area contributed by atoms with E-state index in [9.17, 15) is 9.59 Å². The number of anilines is 1. The number of aromatic nitrogens is 2. The summed E-state index contributed by atoms with van der Waals surface area (Å²) < 4.78 is 5.16. The van der Waals surface area contributed by atoms with Crippen molar-refractivity contribution < 1.29 is 19.1 Å². The third-order valence-corrected chi connectivity index (χ3v) is 3.12. The Hall–Kier alpha value is -3.00. The quantitative estimate of drug-likeness (QED) is 0.769. The predicted molar refractivity (Wildman–Crippen MR) is 75.2 cm³/mol. The first kappa shape index (κ1) is 14.0. The Labute approximate surface area is 125 Å². The van der Waals surface area contributed by atoms with Crippen LogP contribution in [0.25, 0.3) is 11.5 Å². The van der Waals surface area contributed by atoms with E-state index in [0.717, 1.165) is 4.90 Å². The largest absolute Gasteiger partial charge is 0.423 e. The standard InChI is InChI=1S/C14H12N4O4/c19-6-5-18-12(20)7-11(14(18)21)16-10-4-2-1-3-9(10)13-17-15-8-22-13/h1-4,7-8,16,19H,5-6H2. The van der Waals surface area contributed by atoms with Gasteiger partial charge in [0.1, 0.15) is 5.70 Å². The summed E-state index contributed by atoms with van der Waals surface area (Å²) in [6.07, 6.45) is 2.40. The molecule has 1 aliphatic rings. The van der Waals surface area contributed by atoms with Crippen molar-refractivity contribution in [1.29, 1.82) is 0 Å². The van der Waals surface area contributed by atoms with Crippen LogP contribution in [0.2, 0.25) is 0 Å². The summed E-state index contributed by atoms with van der Waals surface area (Å²) in [5, 5.41) is 19.2. The Bertz CT molecular complexity index is 739. The Balaban J connectivity index is 1.88. The summed E-state index contributed by atoms with van der Waals surface area (Å²) in [5.41, 5.74) is 1.30. The lowest BCUT2D eigenvalue weighted by Crippen LogP contribution is -2.34. The van der Waals surface area contributed by atoms with Crippen LogP contribution < -0.4 is 5.32 Å². The van der Waals surface area contributed by atoms with Gasteiger partial charge in [-0.3, -0.25) is 14.5 Å². The number of para-hydroxylation sites is 1. The number of carbonyl (C=O) groups is 2. The van der Waals surface area contributed by atoms with E-state index >= 15 is 0 Å². The minimum atomic E-state index is -0.487. The summed E-state index contributed by atoms with van der Waals surface area (Å²) in [5.74, 6) is -0.649. The van der Waals surface area contributed by atoms with Crippen LogP contribution in [0.1, 0.15) is 0 Å². The number of benzene rings is 1. The van der Waals surface area contributed by atoms with Crippen LogP contribution in [0.3, 0.4) is 0 Å². The fourth-order valence-corrected chi connectivity index (χ4v) is 2.12. The van der Waals surface area contributed by atoms with Gasteiger partial charge in [-0.1, -0.05) is 12.1 Å². The lowest BCUT2D eigenvalue weighted by atomic mass is 10.1. The molecule has 0 unspecified atom stereocenters. The van der Waals surface area contributed by atoms with Crippen LogP contribution in [0.15, 0.2) is 46.8 Å². The summed E-state index contributed by atoms with van der Waals surface area (Å²) in [7, 11) is 0. The van der Waals surface area contributed by atoms with Gasteiger partial charge >= 0.3 is 0 Å². The van der Waals surface area contributed by atoms with Gasteiger partial charge in [0.2, 0.25) is 12.3 Å². The molecule has 2 amide bonds. The van der Waals surface area contributed by atoms with Crippen molar-refractivity contribution in [1.82, 2.24) is 15.1 Å². The van der Waals surface area contributed by atoms with Gasteiger partial charge in [0.15, 0.2) is 0 Å². The van der Waals surface area contributed by atoms with Gasteiger partial charge in [-0.25, -0.2) is 0 Å². The maximum Gasteiger partial charge on any atom is 0.277 e. The molecule has 2 aromatic rings. The smallest absolute Gasteiger partial charge is 0.277 e. The monoisotopic (exact) mass is 300 g/mol. The number of amides is 2. The molecular weight excluding hydrogens is 288 g/mol. The first-order valence-corrected chi connectivity index (χ1v) is 6.51. The van der Waals surface area contributed by atoms with E-state index in [0.29, 0.717) is 17.1 Å². The molecule has 3 rings (SSSR count). The summed E-state index contributed by atoms with van der Waals surface area (Å²) in [6.45, 7) is -0.318. The molecule has 22 heavy (non-hydrogen) atoms. The van der Waals surface area contributed by atoms with E-state index in [2.05, 4.69) is 15.5 Å². The van der Waals surface area contributed by atoms with E-state index in [1.54, 1.807) is 24.3 Å². The SMILES string of the molecule is O=C1C=C(Nc2ccccc2-c2nnco2)C(=O)N1CCO. The van der Waals surface area contributed by atoms with E-state index in [1.807, 2.05) is 0 Å². The number of aliphatic hydroxyl groups excluding tert-OH is 1. The van der Waals surface area contributed by atoms with Crippen LogP contribution in [0.5, 0.6) is 0 Å². The molecule has 2 N–H and O–H groups in total. The molecular formula is C14H12N4O4. The molecule has 0 saturated heterocycles. The number of rotatable bonds is 5. The number of nitrogens with one attached hydrogen (secondary N) is 1. The molecule has 0 fully saturated rings. The molecule has 0 radical (unpaired) electrons. The maximum absolute atomic E-state index is 12.1. The van der Waals surface area contributed by atoms with Crippen LogP contribution in [0, 0.1) is 0 Å². The lowest BCUT2D eigenvalue weighted by molar-refractivity contribution is -0.137. The predicted octanol–water partition coefficient (Wildman–Crippen LogP) is 0.393. The van der Waals surface area contributed by atoms with Crippen LogP contribution >= 0.6 is 0 Å². The van der Waals surface area contributed by atoms with E-state index in [4.69, 9.17) is 9.52 Å². The second-order valence-electron chi connectivity index (χ2n) is 4.49. The number of imide groups is 1. The van der Waals surface area contributed by atoms with Crippen LogP contribution in [0.4, 0.5) is 5.69 Å². The molecule has 1 aromatic carbocycles. The van der Waals surface area contributed by atoms with E-state index in [-0.39, 0.29) is 18.8 Å². The van der Waals surface area contributed by atoms with Crippen molar-refractivity contribution in [3.8, 4) is 11.5 Å². The molecule has 0 spiro atoms. The fraction of sp³-hybridized carbons (Fsp3) is 0.143. The van der Waals surface area contributed by atoms with Crippen molar-refractivity contribution in [2.24, 2.45) is 0 Å². The van der Waals surface area contributed by atoms with E-state index < -0.39 is 11.8 Å². The number of aliphatic hydroxyl groups is 1. The summed E-state index contributed by atoms with van der Waals surface area (Å²) in [4.78, 5) is 24.8. The van der Waals surface area contributed by atoms with Crippen molar-refractivity contribution in [2.45, 2.75) is 0 Å². The number of hydrogen-bond donors (Lipinski definition) is 2. The number of nitrogens with zero attached hydrogens (tertiary/aromatic N) is 3. The molecule has 8 heteroatoms. The van der Waals surface area contributed by atoms with Gasteiger partial charge in [0.05, 0.1) is 24.4 Å². The van der Waals surface area contributed by atoms with Crippen LogP contribution in [-0.4, -0.2) is 45.2 Å². The maximum atomic E-state index is 12.1. The highest BCUT2D eigenvalue weighted by molar-refractivity contribution is 6.17. The Morgan fingerprint density at radius 2 is 2.09 bits per heavy atom. The third kappa shape index (κ3) is 2.47. The van der Waals surface area contributed by atoms with Gasteiger partial charge in [0.25, 0.3) is 11.8 Å². The van der Waals surface area contributed by atoms with Gasteiger partial charge < -0.3 is 14.8 Å². The zero-order valence-electron chi connectivity index (χ0n) is 11.4. The van der Waals surface area contributed by atoms with Crippen molar-refractivity contribution in [2.75, 3.05) is 18.5 Å². The molecule has 0 bridgehead atoms. The van der Waals surface area contributed by atoms with Crippen molar-refractivity contribution in [3.05, 3.63) is 42.4 Å². The highest BCUT2D eigenvalue weighted by Crippen LogP contribution is 2.28. The van der Waals surface area contributed by atoms with E-state index in [1.165, 1.54) is 12.5 Å². The third-order valence-electron chi connectivity index (χ3n) is 3.12. The molecule has 0 atom stereocenters. The molecule has 8 nitrogen and oxygen atoms in total. The average Bonchev–Trinajstić information content (AvgIpc) is 3.13. The van der Waals surface area contributed by atoms with Gasteiger partial charge in [-0.2, -0.15) is 0 Å². The highest BCUT2D eigenvalue weighted by Gasteiger charge is 2.31. The Morgan fingerprint density at radius 1 is 1.27 bits per heavy atom. The number of hydrogen-bond acceptors (Lipinski definition) is 7. The number of carbonyl (C=O) groups excluding carboxylic acids is 2. The minimum Gasteiger partial charge on any atom is -0.423 e. The second kappa shape index (κ2) is 5.78. The van der Waals surface area contributed by atoms with Crippen molar-refractivity contribution in [3.63, 3.8) is 0 Å².